The van der Waals surface area contributed by atoms with Crippen molar-refractivity contribution in [1.82, 2.24) is 0 Å². The molecule has 7 N–H and O–H groups in total. The highest BCUT2D eigenvalue weighted by Gasteiger charge is 2.45. The van der Waals surface area contributed by atoms with Gasteiger partial charge in [0.15, 0.2) is 11.5 Å². The van der Waals surface area contributed by atoms with Crippen LogP contribution >= 0.6 is 0 Å². The number of rotatable bonds is 7. The van der Waals surface area contributed by atoms with Crippen molar-refractivity contribution in [2.75, 3.05) is 26.1 Å². The van der Waals surface area contributed by atoms with Gasteiger partial charge in [-0.05, 0) is 30.3 Å². The lowest BCUT2D eigenvalue weighted by molar-refractivity contribution is -0.277. The number of hydrogen-bond donors (Lipinski definition) is 7. The second kappa shape index (κ2) is 10.8. The van der Waals surface area contributed by atoms with Crippen LogP contribution in [0.2, 0.25) is 0 Å². The smallest absolute Gasteiger partial charge is 0.343 e. The maximum Gasteiger partial charge on any atom is 0.343 e. The molecule has 0 radical (unpaired) electrons. The molecule has 3 rings (SSSR count). The number of anilines is 1. The minimum absolute atomic E-state index is 0.0985. The van der Waals surface area contributed by atoms with Gasteiger partial charge in [-0.3, -0.25) is 4.79 Å². The predicted molar refractivity (Wildman–Crippen MR) is 116 cm³/mol. The quantitative estimate of drug-likeness (QED) is 0.189. The van der Waals surface area contributed by atoms with Gasteiger partial charge in [-0.2, -0.15) is 0 Å². The Hall–Kier alpha value is -3.62. The zero-order valence-electron chi connectivity index (χ0n) is 18.6. The van der Waals surface area contributed by atoms with E-state index in [1.54, 1.807) is 0 Å². The molecule has 1 fully saturated rings. The minimum atomic E-state index is -1.75. The maximum absolute atomic E-state index is 13.1. The van der Waals surface area contributed by atoms with Crippen LogP contribution < -0.4 is 14.8 Å². The van der Waals surface area contributed by atoms with E-state index in [0.29, 0.717) is 0 Å². The van der Waals surface area contributed by atoms with E-state index >= 15 is 0 Å². The average molecular weight is 495 g/mol. The molecule has 13 heteroatoms. The van der Waals surface area contributed by atoms with Gasteiger partial charge in [0.05, 0.1) is 32.1 Å². The fourth-order valence-corrected chi connectivity index (χ4v) is 3.46. The molecule has 35 heavy (non-hydrogen) atoms. The summed E-state index contributed by atoms with van der Waals surface area (Å²) in [6, 6.07) is 5.80. The molecule has 2 aromatic carbocycles. The molecule has 13 nitrogen and oxygen atoms in total. The SMILES string of the molecule is COC(=O)c1c(NC(=O)c2cc(O)ccc2OC2OC(CO)C(O)C(O)C2O)ccc(O)c1OC. The normalized spacial score (nSPS) is 23.9. The summed E-state index contributed by atoms with van der Waals surface area (Å²) >= 11 is 0. The lowest BCUT2D eigenvalue weighted by Crippen LogP contribution is -2.60. The standard InChI is InChI=1S/C22H25NO12/c1-32-19-12(26)5-4-11(15(19)21(31)33-2)23-20(30)10-7-9(25)3-6-13(10)34-22-18(29)17(28)16(27)14(8-24)35-22/h3-7,14,16-18,22,24-29H,8H2,1-2H3,(H,23,30). The Kier molecular flexibility index (Phi) is 7.99. The molecule has 5 atom stereocenters. The van der Waals surface area contributed by atoms with Crippen molar-refractivity contribution < 1.29 is 59.2 Å². The van der Waals surface area contributed by atoms with E-state index in [4.69, 9.17) is 18.9 Å². The van der Waals surface area contributed by atoms with Crippen LogP contribution in [-0.2, 0) is 9.47 Å². The zero-order chi connectivity index (χ0) is 25.9. The van der Waals surface area contributed by atoms with Crippen molar-refractivity contribution in [2.24, 2.45) is 0 Å². The first-order valence-electron chi connectivity index (χ1n) is 10.2. The summed E-state index contributed by atoms with van der Waals surface area (Å²) < 4.78 is 20.6. The van der Waals surface area contributed by atoms with Crippen LogP contribution in [0.3, 0.4) is 0 Å². The largest absolute Gasteiger partial charge is 0.508 e. The van der Waals surface area contributed by atoms with Crippen LogP contribution in [0.25, 0.3) is 0 Å². The summed E-state index contributed by atoms with van der Waals surface area (Å²) in [6.45, 7) is -0.688. The third-order valence-electron chi connectivity index (χ3n) is 5.28. The van der Waals surface area contributed by atoms with E-state index in [-0.39, 0.29) is 39.8 Å². The molecule has 1 aliphatic heterocycles. The number of nitrogens with one attached hydrogen (secondary N) is 1. The molecule has 1 aliphatic rings. The summed E-state index contributed by atoms with van der Waals surface area (Å²) in [5.41, 5.74) is -0.650. The molecule has 0 saturated carbocycles. The van der Waals surface area contributed by atoms with Crippen molar-refractivity contribution in [2.45, 2.75) is 30.7 Å². The van der Waals surface area contributed by atoms with Gasteiger partial charge < -0.3 is 54.9 Å². The Morgan fingerprint density at radius 3 is 2.37 bits per heavy atom. The molecule has 190 valence electrons. The Morgan fingerprint density at radius 1 is 1.03 bits per heavy atom. The molecule has 5 unspecified atom stereocenters. The van der Waals surface area contributed by atoms with E-state index in [1.165, 1.54) is 31.4 Å². The maximum atomic E-state index is 13.1. The Bertz CT molecular complexity index is 1090. The van der Waals surface area contributed by atoms with Gasteiger partial charge in [0.1, 0.15) is 41.5 Å². The molecule has 1 saturated heterocycles. The van der Waals surface area contributed by atoms with Gasteiger partial charge in [-0.15, -0.1) is 0 Å². The molecule has 1 amide bonds. The number of hydrogen-bond acceptors (Lipinski definition) is 12. The molecular weight excluding hydrogens is 470 g/mol. The van der Waals surface area contributed by atoms with Gasteiger partial charge in [-0.25, -0.2) is 4.79 Å². The Morgan fingerprint density at radius 2 is 1.74 bits per heavy atom. The Labute approximate surface area is 198 Å². The number of aliphatic hydroxyl groups excluding tert-OH is 4. The Balaban J connectivity index is 1.94. The van der Waals surface area contributed by atoms with Crippen molar-refractivity contribution in [3.8, 4) is 23.0 Å². The summed E-state index contributed by atoms with van der Waals surface area (Å²) in [5.74, 6) is -2.97. The molecule has 2 aromatic rings. The minimum Gasteiger partial charge on any atom is -0.508 e. The van der Waals surface area contributed by atoms with E-state index < -0.39 is 49.2 Å². The van der Waals surface area contributed by atoms with Crippen molar-refractivity contribution in [3.63, 3.8) is 0 Å². The summed E-state index contributed by atoms with van der Waals surface area (Å²) in [4.78, 5) is 25.4. The highest BCUT2D eigenvalue weighted by atomic mass is 16.7. The number of carbonyl (C=O) groups is 2. The van der Waals surface area contributed by atoms with Crippen LogP contribution in [-0.4, -0.2) is 94.0 Å². The lowest BCUT2D eigenvalue weighted by atomic mass is 9.99. The number of phenolic OH excluding ortho intramolecular Hbond substituents is 2. The van der Waals surface area contributed by atoms with Crippen LogP contribution in [0.15, 0.2) is 30.3 Å². The fraction of sp³-hybridized carbons (Fsp3) is 0.364. The number of esters is 1. The van der Waals surface area contributed by atoms with E-state index in [2.05, 4.69) is 5.32 Å². The van der Waals surface area contributed by atoms with Crippen LogP contribution in [0.1, 0.15) is 20.7 Å². The molecule has 0 aromatic heterocycles. The monoisotopic (exact) mass is 495 g/mol. The second-order valence-corrected chi connectivity index (χ2v) is 7.48. The number of benzene rings is 2. The van der Waals surface area contributed by atoms with Crippen molar-refractivity contribution in [1.29, 1.82) is 0 Å². The summed E-state index contributed by atoms with van der Waals surface area (Å²) in [5, 5.41) is 61.8. The predicted octanol–water partition coefficient (Wildman–Crippen LogP) is -0.676. The highest BCUT2D eigenvalue weighted by Crippen LogP contribution is 2.37. The molecule has 0 aliphatic carbocycles. The number of aliphatic hydroxyl groups is 4. The van der Waals surface area contributed by atoms with Crippen LogP contribution in [0.4, 0.5) is 5.69 Å². The molecule has 0 spiro atoms. The van der Waals surface area contributed by atoms with Gasteiger partial charge in [0, 0.05) is 0 Å². The molecular formula is C22H25NO12. The second-order valence-electron chi connectivity index (χ2n) is 7.48. The first-order chi connectivity index (χ1) is 16.6. The van der Waals surface area contributed by atoms with Crippen LogP contribution in [0, 0.1) is 0 Å². The van der Waals surface area contributed by atoms with Crippen molar-refractivity contribution in [3.05, 3.63) is 41.5 Å². The third-order valence-corrected chi connectivity index (χ3v) is 5.28. The van der Waals surface area contributed by atoms with Gasteiger partial charge >= 0.3 is 5.97 Å². The van der Waals surface area contributed by atoms with Gasteiger partial charge in [0.2, 0.25) is 6.29 Å². The fourth-order valence-electron chi connectivity index (χ4n) is 3.46. The summed E-state index contributed by atoms with van der Waals surface area (Å²) in [6.07, 6.45) is -7.92. The van der Waals surface area contributed by atoms with Crippen LogP contribution in [0.5, 0.6) is 23.0 Å². The number of methoxy groups -OCH3 is 2. The molecule has 0 bridgehead atoms. The number of aromatic hydroxyl groups is 2. The topological polar surface area (TPSA) is 204 Å². The average Bonchev–Trinajstić information content (AvgIpc) is 2.85. The van der Waals surface area contributed by atoms with Crippen molar-refractivity contribution >= 4 is 17.6 Å². The van der Waals surface area contributed by atoms with Gasteiger partial charge in [-0.1, -0.05) is 0 Å². The molecule has 1 heterocycles. The van der Waals surface area contributed by atoms with Gasteiger partial charge in [0.25, 0.3) is 5.91 Å². The lowest BCUT2D eigenvalue weighted by Gasteiger charge is -2.39. The number of carbonyl (C=O) groups excluding carboxylic acids is 2. The first-order valence-corrected chi connectivity index (χ1v) is 10.2. The number of phenols is 2. The van der Waals surface area contributed by atoms with E-state index in [0.717, 1.165) is 13.2 Å². The number of amides is 1. The van der Waals surface area contributed by atoms with E-state index in [1.807, 2.05) is 0 Å². The number of ether oxygens (including phenoxy) is 4. The first kappa shape index (κ1) is 26.0. The highest BCUT2D eigenvalue weighted by molar-refractivity contribution is 6.10. The zero-order valence-corrected chi connectivity index (χ0v) is 18.6. The van der Waals surface area contributed by atoms with E-state index in [9.17, 15) is 40.2 Å². The third kappa shape index (κ3) is 5.23. The summed E-state index contributed by atoms with van der Waals surface area (Å²) in [7, 11) is 2.30.